The van der Waals surface area contributed by atoms with E-state index in [9.17, 15) is 14.0 Å². The number of thioether (sulfide) groups is 1. The van der Waals surface area contributed by atoms with E-state index in [1.807, 2.05) is 0 Å². The number of urea groups is 1. The minimum absolute atomic E-state index is 0.0955. The maximum absolute atomic E-state index is 13.8. The zero-order valence-corrected chi connectivity index (χ0v) is 20.8. The molecule has 2 aromatic carbocycles. The number of nitrogens with zero attached hydrogens (tertiary/aromatic N) is 3. The van der Waals surface area contributed by atoms with Gasteiger partial charge in [0.05, 0.1) is 21.5 Å². The number of nitrogens with one attached hydrogen (secondary N) is 2. The molecule has 0 aliphatic carbocycles. The number of hydrogen-bond acceptors (Lipinski definition) is 5. The SMILES string of the molecule is CC(C)(C)NC(=O)NC(=O)CSc1nnc(-c2ccc(Cl)cc2Cl)n1-c1ccc(F)c(Cl)c1. The Bertz CT molecular complexity index is 1210. The summed E-state index contributed by atoms with van der Waals surface area (Å²) >= 11 is 19.4. The molecule has 1 heterocycles. The quantitative estimate of drug-likeness (QED) is 0.410. The minimum atomic E-state index is -0.603. The molecule has 1 aromatic heterocycles. The van der Waals surface area contributed by atoms with Gasteiger partial charge in [0.2, 0.25) is 5.91 Å². The first-order valence-electron chi connectivity index (χ1n) is 9.55. The Hall–Kier alpha value is -2.33. The number of aromatic nitrogens is 3. The van der Waals surface area contributed by atoms with Crippen LogP contribution in [0, 0.1) is 5.82 Å². The summed E-state index contributed by atoms with van der Waals surface area (Å²) in [5, 5.41) is 14.3. The summed E-state index contributed by atoms with van der Waals surface area (Å²) in [6.45, 7) is 5.39. The molecule has 3 aromatic rings. The summed E-state index contributed by atoms with van der Waals surface area (Å²) in [5.74, 6) is -0.899. The molecule has 0 unspecified atom stereocenters. The van der Waals surface area contributed by atoms with E-state index in [2.05, 4.69) is 20.8 Å². The molecular formula is C21H19Cl3FN5O2S. The Morgan fingerprint density at radius 1 is 1.06 bits per heavy atom. The van der Waals surface area contributed by atoms with Gasteiger partial charge in [0.1, 0.15) is 5.82 Å². The van der Waals surface area contributed by atoms with Crippen molar-refractivity contribution in [3.63, 3.8) is 0 Å². The summed E-state index contributed by atoms with van der Waals surface area (Å²) in [6.07, 6.45) is 0. The van der Waals surface area contributed by atoms with Gasteiger partial charge in [-0.25, -0.2) is 9.18 Å². The molecule has 7 nitrogen and oxygen atoms in total. The van der Waals surface area contributed by atoms with Gasteiger partial charge in [-0.05, 0) is 57.2 Å². The highest BCUT2D eigenvalue weighted by Crippen LogP contribution is 2.34. The van der Waals surface area contributed by atoms with Gasteiger partial charge in [-0.1, -0.05) is 46.6 Å². The van der Waals surface area contributed by atoms with E-state index in [1.54, 1.807) is 43.5 Å². The molecule has 0 saturated carbocycles. The third-order valence-corrected chi connectivity index (χ3v) is 5.81. The lowest BCUT2D eigenvalue weighted by molar-refractivity contribution is -0.117. The molecule has 3 amide bonds. The van der Waals surface area contributed by atoms with E-state index >= 15 is 0 Å². The summed E-state index contributed by atoms with van der Waals surface area (Å²) in [6, 6.07) is 8.40. The lowest BCUT2D eigenvalue weighted by atomic mass is 10.1. The van der Waals surface area contributed by atoms with Crippen LogP contribution in [0.1, 0.15) is 20.8 Å². The van der Waals surface area contributed by atoms with E-state index in [0.717, 1.165) is 11.8 Å². The van der Waals surface area contributed by atoms with Gasteiger partial charge in [0.25, 0.3) is 0 Å². The number of carbonyl (C=O) groups excluding carboxylic acids is 2. The van der Waals surface area contributed by atoms with Crippen molar-refractivity contribution in [2.24, 2.45) is 0 Å². The molecule has 0 atom stereocenters. The molecule has 0 spiro atoms. The topological polar surface area (TPSA) is 88.9 Å². The molecule has 0 bridgehead atoms. The third-order valence-electron chi connectivity index (χ3n) is 4.04. The van der Waals surface area contributed by atoms with Crippen LogP contribution in [0.4, 0.5) is 9.18 Å². The van der Waals surface area contributed by atoms with Gasteiger partial charge in [-0.3, -0.25) is 14.7 Å². The fourth-order valence-electron chi connectivity index (χ4n) is 2.73. The van der Waals surface area contributed by atoms with Crippen molar-refractivity contribution in [2.75, 3.05) is 5.75 Å². The number of rotatable bonds is 5. The zero-order valence-electron chi connectivity index (χ0n) is 17.7. The molecule has 0 aliphatic heterocycles. The van der Waals surface area contributed by atoms with Crippen LogP contribution in [-0.2, 0) is 4.79 Å². The Labute approximate surface area is 209 Å². The van der Waals surface area contributed by atoms with Crippen molar-refractivity contribution in [3.8, 4) is 17.1 Å². The largest absolute Gasteiger partial charge is 0.333 e. The normalized spacial score (nSPS) is 11.4. The molecule has 12 heteroatoms. The second-order valence-corrected chi connectivity index (χ2v) is 10.1. The van der Waals surface area contributed by atoms with E-state index < -0.39 is 23.3 Å². The van der Waals surface area contributed by atoms with E-state index in [1.165, 1.54) is 18.2 Å². The van der Waals surface area contributed by atoms with E-state index in [0.29, 0.717) is 32.3 Å². The fraction of sp³-hybridized carbons (Fsp3) is 0.238. The first kappa shape index (κ1) is 25.3. The van der Waals surface area contributed by atoms with Gasteiger partial charge >= 0.3 is 6.03 Å². The third kappa shape index (κ3) is 6.60. The van der Waals surface area contributed by atoms with Gasteiger partial charge in [-0.15, -0.1) is 10.2 Å². The maximum Gasteiger partial charge on any atom is 0.321 e. The van der Waals surface area contributed by atoms with Crippen molar-refractivity contribution in [1.29, 1.82) is 0 Å². The Balaban J connectivity index is 1.92. The highest BCUT2D eigenvalue weighted by atomic mass is 35.5. The van der Waals surface area contributed by atoms with Crippen LogP contribution in [0.3, 0.4) is 0 Å². The Morgan fingerprint density at radius 2 is 1.79 bits per heavy atom. The van der Waals surface area contributed by atoms with Crippen LogP contribution in [0.25, 0.3) is 17.1 Å². The average Bonchev–Trinajstić information content (AvgIpc) is 3.10. The lowest BCUT2D eigenvalue weighted by Gasteiger charge is -2.20. The molecule has 0 radical (unpaired) electrons. The molecule has 0 saturated heterocycles. The van der Waals surface area contributed by atoms with Gasteiger partial charge in [0.15, 0.2) is 11.0 Å². The first-order chi connectivity index (χ1) is 15.4. The summed E-state index contributed by atoms with van der Waals surface area (Å²) in [7, 11) is 0. The van der Waals surface area contributed by atoms with Crippen LogP contribution in [0.5, 0.6) is 0 Å². The highest BCUT2D eigenvalue weighted by molar-refractivity contribution is 7.99. The molecule has 0 aliphatic rings. The number of benzene rings is 2. The fourth-order valence-corrected chi connectivity index (χ4v) is 4.15. The van der Waals surface area contributed by atoms with E-state index in [-0.39, 0.29) is 10.8 Å². The van der Waals surface area contributed by atoms with Crippen molar-refractivity contribution < 1.29 is 14.0 Å². The van der Waals surface area contributed by atoms with Crippen molar-refractivity contribution >= 4 is 58.5 Å². The number of amides is 3. The second kappa shape index (κ2) is 10.3. The lowest BCUT2D eigenvalue weighted by Crippen LogP contribution is -2.48. The second-order valence-electron chi connectivity index (χ2n) is 7.91. The highest BCUT2D eigenvalue weighted by Gasteiger charge is 2.21. The van der Waals surface area contributed by atoms with Gasteiger partial charge < -0.3 is 5.32 Å². The average molecular weight is 531 g/mol. The van der Waals surface area contributed by atoms with Crippen molar-refractivity contribution in [1.82, 2.24) is 25.4 Å². The van der Waals surface area contributed by atoms with E-state index in [4.69, 9.17) is 34.8 Å². The number of imide groups is 1. The Morgan fingerprint density at radius 3 is 2.42 bits per heavy atom. The zero-order chi connectivity index (χ0) is 24.3. The summed E-state index contributed by atoms with van der Waals surface area (Å²) in [5.41, 5.74) is 0.488. The molecule has 2 N–H and O–H groups in total. The predicted molar refractivity (Wildman–Crippen MR) is 129 cm³/mol. The molecule has 0 fully saturated rings. The molecule has 33 heavy (non-hydrogen) atoms. The van der Waals surface area contributed by atoms with Crippen LogP contribution in [-0.4, -0.2) is 38.0 Å². The summed E-state index contributed by atoms with van der Waals surface area (Å²) < 4.78 is 15.4. The van der Waals surface area contributed by atoms with Crippen LogP contribution >= 0.6 is 46.6 Å². The first-order valence-corrected chi connectivity index (χ1v) is 11.7. The van der Waals surface area contributed by atoms with Gasteiger partial charge in [0, 0.05) is 16.1 Å². The summed E-state index contributed by atoms with van der Waals surface area (Å²) in [4.78, 5) is 24.2. The monoisotopic (exact) mass is 529 g/mol. The number of hydrogen-bond donors (Lipinski definition) is 2. The molecule has 174 valence electrons. The maximum atomic E-state index is 13.8. The Kier molecular flexibility index (Phi) is 7.89. The molecular weight excluding hydrogens is 512 g/mol. The predicted octanol–water partition coefficient (Wildman–Crippen LogP) is 5.75. The van der Waals surface area contributed by atoms with Crippen LogP contribution < -0.4 is 10.6 Å². The van der Waals surface area contributed by atoms with Crippen LogP contribution in [0.15, 0.2) is 41.6 Å². The van der Waals surface area contributed by atoms with Crippen LogP contribution in [0.2, 0.25) is 15.1 Å². The molecule has 3 rings (SSSR count). The van der Waals surface area contributed by atoms with Crippen molar-refractivity contribution in [3.05, 3.63) is 57.3 Å². The van der Waals surface area contributed by atoms with Gasteiger partial charge in [-0.2, -0.15) is 0 Å². The minimum Gasteiger partial charge on any atom is -0.333 e. The van der Waals surface area contributed by atoms with Crippen molar-refractivity contribution in [2.45, 2.75) is 31.5 Å². The standard InChI is InChI=1S/C21H19Cl3FN5O2S/c1-21(2,3)27-19(32)26-17(31)10-33-20-29-28-18(13-6-4-11(22)8-14(13)23)30(20)12-5-7-16(25)15(24)9-12/h4-9H,10H2,1-3H3,(H2,26,27,31,32). The number of halogens is 4. The number of carbonyl (C=O) groups is 2. The smallest absolute Gasteiger partial charge is 0.321 e.